The highest BCUT2D eigenvalue weighted by Gasteiger charge is 2.11. The largest absolute Gasteiger partial charge is 0.465 e. The average molecular weight is 288 g/mol. The van der Waals surface area contributed by atoms with E-state index >= 15 is 0 Å². The maximum atomic E-state index is 11.8. The molecule has 2 aromatic rings. The fourth-order valence-electron chi connectivity index (χ4n) is 1.71. The highest BCUT2D eigenvalue weighted by molar-refractivity contribution is 5.93. The predicted molar refractivity (Wildman–Crippen MR) is 77.3 cm³/mol. The average Bonchev–Trinajstić information content (AvgIpc) is 2.87. The number of likely N-dealkylation sites (N-methyl/N-ethyl adjacent to an activating group) is 1. The lowest BCUT2D eigenvalue weighted by atomic mass is 10.3. The number of amides is 1. The van der Waals surface area contributed by atoms with Crippen LogP contribution in [0.2, 0.25) is 0 Å². The zero-order valence-corrected chi connectivity index (χ0v) is 11.9. The molecule has 0 unspecified atom stereocenters. The minimum absolute atomic E-state index is 0.0927. The van der Waals surface area contributed by atoms with Gasteiger partial charge in [0.2, 0.25) is 11.8 Å². The molecule has 6 nitrogen and oxygen atoms in total. The predicted octanol–water partition coefficient (Wildman–Crippen LogP) is 1.86. The van der Waals surface area contributed by atoms with Gasteiger partial charge < -0.3 is 14.1 Å². The van der Waals surface area contributed by atoms with Crippen LogP contribution in [0.1, 0.15) is 12.8 Å². The quantitative estimate of drug-likeness (QED) is 0.620. The molecular formula is C15H16N2O4. The van der Waals surface area contributed by atoms with Gasteiger partial charge in [0.05, 0.1) is 6.61 Å². The molecule has 0 aliphatic carbocycles. The lowest BCUT2D eigenvalue weighted by Crippen LogP contribution is -2.31. The van der Waals surface area contributed by atoms with Crippen molar-refractivity contribution in [3.63, 3.8) is 0 Å². The zero-order chi connectivity index (χ0) is 15.2. The smallest absolute Gasteiger partial charge is 0.325 e. The Kier molecular flexibility index (Phi) is 4.71. The summed E-state index contributed by atoms with van der Waals surface area (Å²) in [5, 5.41) is 0. The first-order valence-corrected chi connectivity index (χ1v) is 6.54. The van der Waals surface area contributed by atoms with Crippen LogP contribution >= 0.6 is 0 Å². The van der Waals surface area contributed by atoms with Crippen LogP contribution in [0.5, 0.6) is 0 Å². The summed E-state index contributed by atoms with van der Waals surface area (Å²) in [6.45, 7) is 1.91. The lowest BCUT2D eigenvalue weighted by Gasteiger charge is -2.13. The number of fused-ring (bicyclic) bond motifs is 1. The molecule has 21 heavy (non-hydrogen) atoms. The van der Waals surface area contributed by atoms with Gasteiger partial charge in [-0.05, 0) is 19.1 Å². The molecule has 0 aliphatic heterocycles. The van der Waals surface area contributed by atoms with Crippen LogP contribution in [0.4, 0.5) is 0 Å². The molecule has 0 bridgehead atoms. The van der Waals surface area contributed by atoms with E-state index in [9.17, 15) is 9.59 Å². The van der Waals surface area contributed by atoms with Crippen molar-refractivity contribution >= 4 is 29.1 Å². The first-order valence-electron chi connectivity index (χ1n) is 6.54. The summed E-state index contributed by atoms with van der Waals surface area (Å²) in [5.74, 6) is -0.428. The van der Waals surface area contributed by atoms with Gasteiger partial charge in [-0.1, -0.05) is 12.1 Å². The van der Waals surface area contributed by atoms with Crippen molar-refractivity contribution in [2.24, 2.45) is 0 Å². The Labute approximate surface area is 122 Å². The normalized spacial score (nSPS) is 11.0. The van der Waals surface area contributed by atoms with Gasteiger partial charge in [0.25, 0.3) is 0 Å². The van der Waals surface area contributed by atoms with Crippen LogP contribution in [-0.4, -0.2) is 42.0 Å². The van der Waals surface area contributed by atoms with E-state index in [4.69, 9.17) is 9.15 Å². The number of hydrogen-bond donors (Lipinski definition) is 0. The molecule has 1 amide bonds. The van der Waals surface area contributed by atoms with E-state index in [0.717, 1.165) is 5.52 Å². The number of ether oxygens (including phenoxy) is 1. The second kappa shape index (κ2) is 6.69. The van der Waals surface area contributed by atoms with Crippen LogP contribution in [-0.2, 0) is 14.3 Å². The van der Waals surface area contributed by atoms with Gasteiger partial charge in [-0.15, -0.1) is 0 Å². The van der Waals surface area contributed by atoms with Crippen molar-refractivity contribution in [2.45, 2.75) is 6.92 Å². The molecule has 0 radical (unpaired) electrons. The van der Waals surface area contributed by atoms with E-state index in [1.165, 1.54) is 24.1 Å². The zero-order valence-electron chi connectivity index (χ0n) is 11.9. The number of carbonyl (C=O) groups is 2. The molecule has 0 atom stereocenters. The molecule has 0 saturated carbocycles. The maximum absolute atomic E-state index is 11.8. The summed E-state index contributed by atoms with van der Waals surface area (Å²) in [6.07, 6.45) is 2.79. The minimum Gasteiger partial charge on any atom is -0.465 e. The van der Waals surface area contributed by atoms with Crippen LogP contribution in [0.15, 0.2) is 34.8 Å². The molecule has 2 rings (SSSR count). The van der Waals surface area contributed by atoms with Gasteiger partial charge in [-0.2, -0.15) is 0 Å². The Hall–Kier alpha value is -2.63. The number of oxazole rings is 1. The van der Waals surface area contributed by atoms with Crippen molar-refractivity contribution in [3.05, 3.63) is 36.2 Å². The number of nitrogens with zero attached hydrogens (tertiary/aromatic N) is 2. The summed E-state index contributed by atoms with van der Waals surface area (Å²) < 4.78 is 10.2. The van der Waals surface area contributed by atoms with Crippen LogP contribution in [0.25, 0.3) is 17.2 Å². The molecule has 1 heterocycles. The second-order valence-electron chi connectivity index (χ2n) is 4.35. The molecule has 0 N–H and O–H groups in total. The van der Waals surface area contributed by atoms with Crippen molar-refractivity contribution in [3.8, 4) is 0 Å². The van der Waals surface area contributed by atoms with Gasteiger partial charge in [-0.25, -0.2) is 4.98 Å². The number of rotatable bonds is 5. The fourth-order valence-corrected chi connectivity index (χ4v) is 1.71. The van der Waals surface area contributed by atoms with Gasteiger partial charge >= 0.3 is 5.97 Å². The molecule has 110 valence electrons. The number of carbonyl (C=O) groups excluding carboxylic acids is 2. The molecule has 0 fully saturated rings. The van der Waals surface area contributed by atoms with E-state index in [0.29, 0.717) is 18.1 Å². The Balaban J connectivity index is 1.99. The third-order valence-electron chi connectivity index (χ3n) is 2.73. The van der Waals surface area contributed by atoms with E-state index in [1.54, 1.807) is 13.0 Å². The summed E-state index contributed by atoms with van der Waals surface area (Å²) in [7, 11) is 1.52. The fraction of sp³-hybridized carbons (Fsp3) is 0.267. The standard InChI is InChI=1S/C15H16N2O4/c1-3-20-15(19)10-17(2)14(18)9-8-13-16-11-6-4-5-7-12(11)21-13/h4-9H,3,10H2,1-2H3. The van der Waals surface area contributed by atoms with Crippen LogP contribution in [0, 0.1) is 0 Å². The van der Waals surface area contributed by atoms with Crippen LogP contribution < -0.4 is 0 Å². The van der Waals surface area contributed by atoms with E-state index in [1.807, 2.05) is 18.2 Å². The Morgan fingerprint density at radius 1 is 1.38 bits per heavy atom. The Morgan fingerprint density at radius 2 is 2.14 bits per heavy atom. The summed E-state index contributed by atoms with van der Waals surface area (Å²) in [5.41, 5.74) is 1.38. The SMILES string of the molecule is CCOC(=O)CN(C)C(=O)C=Cc1nc2ccccc2o1. The molecule has 6 heteroatoms. The van der Waals surface area contributed by atoms with Gasteiger partial charge in [0, 0.05) is 19.2 Å². The summed E-state index contributed by atoms with van der Waals surface area (Å²) >= 11 is 0. The monoisotopic (exact) mass is 288 g/mol. The second-order valence-corrected chi connectivity index (χ2v) is 4.35. The third kappa shape index (κ3) is 3.92. The third-order valence-corrected chi connectivity index (χ3v) is 2.73. The molecule has 1 aromatic carbocycles. The Morgan fingerprint density at radius 3 is 2.86 bits per heavy atom. The van der Waals surface area contributed by atoms with Crippen molar-refractivity contribution in [2.75, 3.05) is 20.2 Å². The first-order chi connectivity index (χ1) is 10.1. The summed E-state index contributed by atoms with van der Waals surface area (Å²) in [4.78, 5) is 28.6. The topological polar surface area (TPSA) is 72.6 Å². The summed E-state index contributed by atoms with van der Waals surface area (Å²) in [6, 6.07) is 7.33. The number of aromatic nitrogens is 1. The molecule has 1 aromatic heterocycles. The molecule has 0 aliphatic rings. The first kappa shape index (κ1) is 14.8. The van der Waals surface area contributed by atoms with Crippen molar-refractivity contribution in [1.29, 1.82) is 0 Å². The highest BCUT2D eigenvalue weighted by atomic mass is 16.5. The van der Waals surface area contributed by atoms with Gasteiger partial charge in [-0.3, -0.25) is 9.59 Å². The number of benzene rings is 1. The highest BCUT2D eigenvalue weighted by Crippen LogP contribution is 2.15. The maximum Gasteiger partial charge on any atom is 0.325 e. The number of para-hydroxylation sites is 2. The lowest BCUT2D eigenvalue weighted by molar-refractivity contribution is -0.146. The number of hydrogen-bond acceptors (Lipinski definition) is 5. The Bertz CT molecular complexity index is 642. The van der Waals surface area contributed by atoms with Crippen LogP contribution in [0.3, 0.4) is 0 Å². The minimum atomic E-state index is -0.441. The molecule has 0 spiro atoms. The van der Waals surface area contributed by atoms with Crippen molar-refractivity contribution < 1.29 is 18.7 Å². The van der Waals surface area contributed by atoms with Crippen molar-refractivity contribution in [1.82, 2.24) is 9.88 Å². The van der Waals surface area contributed by atoms with E-state index in [-0.39, 0.29) is 12.5 Å². The van der Waals surface area contributed by atoms with E-state index < -0.39 is 5.97 Å². The molecule has 0 saturated heterocycles. The number of esters is 1. The van der Waals surface area contributed by atoms with Gasteiger partial charge in [0.15, 0.2) is 5.58 Å². The van der Waals surface area contributed by atoms with E-state index in [2.05, 4.69) is 4.98 Å². The van der Waals surface area contributed by atoms with Gasteiger partial charge in [0.1, 0.15) is 12.1 Å². The molecular weight excluding hydrogens is 272 g/mol.